The molecule has 1 aliphatic rings. The fourth-order valence-corrected chi connectivity index (χ4v) is 3.63. The van der Waals surface area contributed by atoms with E-state index >= 15 is 0 Å². The third-order valence-electron chi connectivity index (χ3n) is 5.28. The van der Waals surface area contributed by atoms with Crippen LogP contribution in [0.1, 0.15) is 28.8 Å². The van der Waals surface area contributed by atoms with Gasteiger partial charge in [-0.2, -0.15) is 0 Å². The molecule has 154 valence electrons. The molecule has 3 rings (SSSR count). The quantitative estimate of drug-likeness (QED) is 0.752. The van der Waals surface area contributed by atoms with Crippen LogP contribution < -0.4 is 14.8 Å². The molecule has 0 unspecified atom stereocenters. The van der Waals surface area contributed by atoms with Crippen molar-refractivity contribution in [3.8, 4) is 11.5 Å². The molecule has 0 bridgehead atoms. The molecule has 7 heteroatoms. The highest BCUT2D eigenvalue weighted by molar-refractivity contribution is 6.05. The summed E-state index contributed by atoms with van der Waals surface area (Å²) in [4.78, 5) is 25.8. The largest absolute Gasteiger partial charge is 0.493 e. The highest BCUT2D eigenvalue weighted by Gasteiger charge is 2.42. The number of esters is 1. The molecular weight excluding hydrogens is 374 g/mol. The van der Waals surface area contributed by atoms with Crippen LogP contribution in [-0.4, -0.2) is 46.4 Å². The molecule has 0 atom stereocenters. The molecule has 1 heterocycles. The fourth-order valence-electron chi connectivity index (χ4n) is 3.63. The second-order valence-electron chi connectivity index (χ2n) is 6.76. The van der Waals surface area contributed by atoms with Crippen LogP contribution in [0.25, 0.3) is 0 Å². The van der Waals surface area contributed by atoms with Crippen molar-refractivity contribution in [1.29, 1.82) is 0 Å². The van der Waals surface area contributed by atoms with Gasteiger partial charge in [-0.1, -0.05) is 30.3 Å². The van der Waals surface area contributed by atoms with Crippen LogP contribution >= 0.6 is 0 Å². The highest BCUT2D eigenvalue weighted by atomic mass is 16.5. The number of amides is 1. The third-order valence-corrected chi connectivity index (χ3v) is 5.28. The van der Waals surface area contributed by atoms with Gasteiger partial charge < -0.3 is 24.3 Å². The van der Waals surface area contributed by atoms with Crippen molar-refractivity contribution in [2.45, 2.75) is 18.3 Å². The topological polar surface area (TPSA) is 83.1 Å². The maximum atomic E-state index is 13.5. The Labute approximate surface area is 169 Å². The number of carbonyl (C=O) groups excluding carboxylic acids is 2. The van der Waals surface area contributed by atoms with Gasteiger partial charge in [0.1, 0.15) is 0 Å². The van der Waals surface area contributed by atoms with Gasteiger partial charge in [0.2, 0.25) is 5.91 Å². The lowest BCUT2D eigenvalue weighted by molar-refractivity contribution is -0.125. The summed E-state index contributed by atoms with van der Waals surface area (Å²) in [6.45, 7) is 0.968. The molecule has 1 amide bonds. The fraction of sp³-hybridized carbons (Fsp3) is 0.364. The lowest BCUT2D eigenvalue weighted by Crippen LogP contribution is -2.45. The minimum atomic E-state index is -0.750. The Hall–Kier alpha value is -3.06. The highest BCUT2D eigenvalue weighted by Crippen LogP contribution is 2.38. The van der Waals surface area contributed by atoms with Crippen molar-refractivity contribution >= 4 is 17.6 Å². The summed E-state index contributed by atoms with van der Waals surface area (Å²) in [5.74, 6) is -0.0164. The summed E-state index contributed by atoms with van der Waals surface area (Å²) < 4.78 is 21.0. The van der Waals surface area contributed by atoms with Crippen LogP contribution in [0.2, 0.25) is 0 Å². The van der Waals surface area contributed by atoms with E-state index in [9.17, 15) is 9.59 Å². The van der Waals surface area contributed by atoms with E-state index in [1.165, 1.54) is 27.4 Å². The van der Waals surface area contributed by atoms with E-state index in [0.717, 1.165) is 5.56 Å². The zero-order valence-electron chi connectivity index (χ0n) is 16.8. The van der Waals surface area contributed by atoms with Gasteiger partial charge in [0, 0.05) is 25.3 Å². The van der Waals surface area contributed by atoms with Crippen LogP contribution in [0.5, 0.6) is 11.5 Å². The molecule has 0 spiro atoms. The molecule has 0 saturated carbocycles. The van der Waals surface area contributed by atoms with E-state index < -0.39 is 11.4 Å². The number of methoxy groups -OCH3 is 3. The molecular formula is C22H25NO6. The van der Waals surface area contributed by atoms with Crippen LogP contribution in [0.15, 0.2) is 42.5 Å². The second-order valence-corrected chi connectivity index (χ2v) is 6.76. The predicted molar refractivity (Wildman–Crippen MR) is 108 cm³/mol. The van der Waals surface area contributed by atoms with Crippen LogP contribution in [-0.2, 0) is 19.7 Å². The molecule has 1 N–H and O–H groups in total. The Morgan fingerprint density at radius 1 is 0.966 bits per heavy atom. The Bertz CT molecular complexity index is 874. The van der Waals surface area contributed by atoms with Crippen molar-refractivity contribution in [3.05, 3.63) is 53.6 Å². The molecule has 1 fully saturated rings. The van der Waals surface area contributed by atoms with Gasteiger partial charge in [0.05, 0.1) is 38.0 Å². The maximum absolute atomic E-state index is 13.5. The summed E-state index contributed by atoms with van der Waals surface area (Å²) in [6, 6.07) is 12.7. The van der Waals surface area contributed by atoms with E-state index in [1.54, 1.807) is 6.07 Å². The van der Waals surface area contributed by atoms with Crippen molar-refractivity contribution < 1.29 is 28.5 Å². The number of nitrogens with one attached hydrogen (secondary N) is 1. The number of ether oxygens (including phenoxy) is 4. The molecule has 1 saturated heterocycles. The number of hydrogen-bond acceptors (Lipinski definition) is 6. The summed E-state index contributed by atoms with van der Waals surface area (Å²) >= 11 is 0. The molecule has 0 aromatic heterocycles. The Balaban J connectivity index is 2.03. The number of hydrogen-bond donors (Lipinski definition) is 1. The predicted octanol–water partition coefficient (Wildman–Crippen LogP) is 3.18. The molecule has 0 radical (unpaired) electrons. The standard InChI is InChI=1S/C22H25NO6/c1-26-18-13-16(20(24)28-3)17(14-19(18)27-2)23-21(25)22(9-11-29-12-10-22)15-7-5-4-6-8-15/h4-8,13-14H,9-12H2,1-3H3,(H,23,25). The van der Waals surface area contributed by atoms with Crippen molar-refractivity contribution in [1.82, 2.24) is 0 Å². The zero-order valence-corrected chi connectivity index (χ0v) is 16.8. The van der Waals surface area contributed by atoms with Gasteiger partial charge in [0.15, 0.2) is 11.5 Å². The SMILES string of the molecule is COC(=O)c1cc(OC)c(OC)cc1NC(=O)C1(c2ccccc2)CCOCC1. The molecule has 29 heavy (non-hydrogen) atoms. The maximum Gasteiger partial charge on any atom is 0.340 e. The summed E-state index contributed by atoms with van der Waals surface area (Å²) in [7, 11) is 4.25. The van der Waals surface area contributed by atoms with Gasteiger partial charge in [0.25, 0.3) is 0 Å². The van der Waals surface area contributed by atoms with E-state index in [4.69, 9.17) is 18.9 Å². The monoisotopic (exact) mass is 399 g/mol. The second kappa shape index (κ2) is 8.96. The first-order valence-corrected chi connectivity index (χ1v) is 9.35. The molecule has 7 nitrogen and oxygen atoms in total. The van der Waals surface area contributed by atoms with Gasteiger partial charge in [-0.05, 0) is 18.4 Å². The smallest absolute Gasteiger partial charge is 0.340 e. The number of carbonyl (C=O) groups is 2. The minimum Gasteiger partial charge on any atom is -0.493 e. The molecule has 0 aliphatic carbocycles. The Kier molecular flexibility index (Phi) is 6.39. The normalized spacial score (nSPS) is 15.3. The molecule has 2 aromatic carbocycles. The Morgan fingerprint density at radius 2 is 1.59 bits per heavy atom. The number of rotatable bonds is 6. The van der Waals surface area contributed by atoms with Crippen LogP contribution in [0.3, 0.4) is 0 Å². The van der Waals surface area contributed by atoms with Crippen LogP contribution in [0.4, 0.5) is 5.69 Å². The van der Waals surface area contributed by atoms with Crippen molar-refractivity contribution in [2.24, 2.45) is 0 Å². The third kappa shape index (κ3) is 4.05. The van der Waals surface area contributed by atoms with Crippen molar-refractivity contribution in [2.75, 3.05) is 39.9 Å². The number of anilines is 1. The lowest BCUT2D eigenvalue weighted by atomic mass is 9.73. The van der Waals surface area contributed by atoms with E-state index in [-0.39, 0.29) is 11.5 Å². The lowest BCUT2D eigenvalue weighted by Gasteiger charge is -2.36. The first kappa shape index (κ1) is 20.7. The van der Waals surface area contributed by atoms with Gasteiger partial charge in [-0.15, -0.1) is 0 Å². The van der Waals surface area contributed by atoms with E-state index in [1.807, 2.05) is 30.3 Å². The average molecular weight is 399 g/mol. The van der Waals surface area contributed by atoms with E-state index in [0.29, 0.717) is 43.2 Å². The van der Waals surface area contributed by atoms with Gasteiger partial charge in [-0.3, -0.25) is 4.79 Å². The van der Waals surface area contributed by atoms with Gasteiger partial charge >= 0.3 is 5.97 Å². The summed E-state index contributed by atoms with van der Waals surface area (Å²) in [5.41, 5.74) is 0.663. The molecule has 2 aromatic rings. The summed E-state index contributed by atoms with van der Waals surface area (Å²) in [5, 5.41) is 2.93. The van der Waals surface area contributed by atoms with E-state index in [2.05, 4.69) is 5.32 Å². The Morgan fingerprint density at radius 3 is 2.17 bits per heavy atom. The van der Waals surface area contributed by atoms with Crippen molar-refractivity contribution in [3.63, 3.8) is 0 Å². The minimum absolute atomic E-state index is 0.189. The number of benzene rings is 2. The zero-order chi connectivity index (χ0) is 20.9. The first-order valence-electron chi connectivity index (χ1n) is 9.35. The van der Waals surface area contributed by atoms with Gasteiger partial charge in [-0.25, -0.2) is 4.79 Å². The first-order chi connectivity index (χ1) is 14.1. The molecule has 1 aliphatic heterocycles. The average Bonchev–Trinajstić information content (AvgIpc) is 2.79. The van der Waals surface area contributed by atoms with Crippen LogP contribution in [0, 0.1) is 0 Å². The summed E-state index contributed by atoms with van der Waals surface area (Å²) in [6.07, 6.45) is 1.09.